The van der Waals surface area contributed by atoms with Gasteiger partial charge in [0.25, 0.3) is 0 Å². The Morgan fingerprint density at radius 3 is 2.44 bits per heavy atom. The zero-order valence-electron chi connectivity index (χ0n) is 22.9. The molecule has 1 fully saturated rings. The number of nitrogens with two attached hydrogens (primary N) is 1. The van der Waals surface area contributed by atoms with Gasteiger partial charge >= 0.3 is 0 Å². The summed E-state index contributed by atoms with van der Waals surface area (Å²) in [6.07, 6.45) is 7.52. The fourth-order valence-electron chi connectivity index (χ4n) is 4.07. The predicted octanol–water partition coefficient (Wildman–Crippen LogP) is 3.78. The fraction of sp³-hybridized carbons (Fsp3) is 0.310. The Bertz CT molecular complexity index is 1320. The summed E-state index contributed by atoms with van der Waals surface area (Å²) in [4.78, 5) is 30.4. The van der Waals surface area contributed by atoms with Crippen molar-refractivity contribution in [1.29, 1.82) is 0 Å². The second-order valence-electron chi connectivity index (χ2n) is 8.67. The van der Waals surface area contributed by atoms with Gasteiger partial charge in [-0.1, -0.05) is 30.9 Å². The number of nitrogen functional groups attached to an aromatic ring is 1. The number of allylic oxidation sites excluding steroid dienone is 3. The summed E-state index contributed by atoms with van der Waals surface area (Å²) in [7, 11) is 3.18. The van der Waals surface area contributed by atoms with Crippen LogP contribution in [0.15, 0.2) is 67.8 Å². The van der Waals surface area contributed by atoms with Crippen molar-refractivity contribution in [3.8, 4) is 22.8 Å². The first-order valence-corrected chi connectivity index (χ1v) is 12.7. The molecule has 3 N–H and O–H groups in total. The SMILES string of the molecule is C=C/C=C/CN1CCN(C(=O)CNc2nc(N)nc3ccc(-c4ccc(OC)c(OC)c4)nc23)CC1.C=CC. The molecule has 39 heavy (non-hydrogen) atoms. The minimum absolute atomic E-state index is 0.00216. The number of ether oxygens (including phenoxy) is 2. The zero-order valence-corrected chi connectivity index (χ0v) is 22.9. The number of nitrogens with one attached hydrogen (secondary N) is 1. The van der Waals surface area contributed by atoms with Crippen LogP contribution in [0.4, 0.5) is 11.8 Å². The van der Waals surface area contributed by atoms with E-state index in [-0.39, 0.29) is 18.4 Å². The van der Waals surface area contributed by atoms with Crippen molar-refractivity contribution in [2.24, 2.45) is 0 Å². The highest BCUT2D eigenvalue weighted by atomic mass is 16.5. The molecule has 1 aliphatic heterocycles. The molecule has 0 saturated carbocycles. The van der Waals surface area contributed by atoms with Crippen molar-refractivity contribution in [3.63, 3.8) is 0 Å². The summed E-state index contributed by atoms with van der Waals surface area (Å²) in [6, 6.07) is 9.27. The number of aromatic nitrogens is 3. The first-order valence-electron chi connectivity index (χ1n) is 12.7. The number of benzene rings is 1. The molecular formula is C29H37N7O3. The van der Waals surface area contributed by atoms with Gasteiger partial charge in [-0.2, -0.15) is 4.98 Å². The van der Waals surface area contributed by atoms with E-state index in [1.54, 1.807) is 26.4 Å². The lowest BCUT2D eigenvalue weighted by Gasteiger charge is -2.34. The number of rotatable bonds is 9. The number of fused-ring (bicyclic) bond motifs is 1. The van der Waals surface area contributed by atoms with Crippen LogP contribution in [-0.4, -0.2) is 84.1 Å². The van der Waals surface area contributed by atoms with Gasteiger partial charge in [-0.05, 0) is 37.3 Å². The van der Waals surface area contributed by atoms with Crippen LogP contribution in [0.1, 0.15) is 6.92 Å². The largest absolute Gasteiger partial charge is 0.493 e. The van der Waals surface area contributed by atoms with Crippen LogP contribution in [0.3, 0.4) is 0 Å². The molecule has 0 aliphatic carbocycles. The summed E-state index contributed by atoms with van der Waals surface area (Å²) in [5.74, 6) is 1.76. The van der Waals surface area contributed by atoms with Gasteiger partial charge in [0.1, 0.15) is 5.52 Å². The smallest absolute Gasteiger partial charge is 0.242 e. The van der Waals surface area contributed by atoms with E-state index >= 15 is 0 Å². The molecular weight excluding hydrogens is 494 g/mol. The number of amides is 1. The minimum Gasteiger partial charge on any atom is -0.493 e. The van der Waals surface area contributed by atoms with E-state index in [0.717, 1.165) is 25.2 Å². The monoisotopic (exact) mass is 531 g/mol. The fourth-order valence-corrected chi connectivity index (χ4v) is 4.07. The Hall–Kier alpha value is -4.44. The normalized spacial score (nSPS) is 13.5. The Morgan fingerprint density at radius 1 is 1.05 bits per heavy atom. The number of carbonyl (C=O) groups is 1. The van der Waals surface area contributed by atoms with E-state index < -0.39 is 0 Å². The van der Waals surface area contributed by atoms with Crippen LogP contribution in [0.2, 0.25) is 0 Å². The molecule has 0 atom stereocenters. The van der Waals surface area contributed by atoms with Crippen molar-refractivity contribution >= 4 is 28.7 Å². The molecule has 10 heteroatoms. The maximum Gasteiger partial charge on any atom is 0.242 e. The van der Waals surface area contributed by atoms with E-state index in [0.29, 0.717) is 47.1 Å². The van der Waals surface area contributed by atoms with Crippen LogP contribution in [0, 0.1) is 0 Å². The highest BCUT2D eigenvalue weighted by molar-refractivity contribution is 5.90. The maximum atomic E-state index is 12.9. The molecule has 1 aromatic carbocycles. The first-order chi connectivity index (χ1) is 18.9. The van der Waals surface area contributed by atoms with Crippen LogP contribution in [-0.2, 0) is 4.79 Å². The summed E-state index contributed by atoms with van der Waals surface area (Å²) >= 11 is 0. The molecule has 0 spiro atoms. The van der Waals surface area contributed by atoms with Crippen molar-refractivity contribution in [1.82, 2.24) is 24.8 Å². The molecule has 2 aromatic heterocycles. The average Bonchev–Trinajstić information content (AvgIpc) is 2.96. The number of piperazine rings is 1. The second-order valence-corrected chi connectivity index (χ2v) is 8.67. The quantitative estimate of drug-likeness (QED) is 0.314. The van der Waals surface area contributed by atoms with Gasteiger partial charge in [0.05, 0.1) is 32.0 Å². The van der Waals surface area contributed by atoms with Gasteiger partial charge in [0.2, 0.25) is 11.9 Å². The van der Waals surface area contributed by atoms with E-state index in [9.17, 15) is 4.79 Å². The summed E-state index contributed by atoms with van der Waals surface area (Å²) in [5.41, 5.74) is 8.59. The van der Waals surface area contributed by atoms with Crippen molar-refractivity contribution in [3.05, 3.63) is 67.8 Å². The van der Waals surface area contributed by atoms with E-state index in [2.05, 4.69) is 39.4 Å². The number of anilines is 2. The van der Waals surface area contributed by atoms with Gasteiger partial charge in [0.15, 0.2) is 17.3 Å². The van der Waals surface area contributed by atoms with E-state index in [1.165, 1.54) is 0 Å². The molecule has 3 aromatic rings. The molecule has 0 bridgehead atoms. The highest BCUT2D eigenvalue weighted by Crippen LogP contribution is 2.32. The maximum absolute atomic E-state index is 12.9. The van der Waals surface area contributed by atoms with E-state index in [4.69, 9.17) is 20.2 Å². The molecule has 1 amide bonds. The molecule has 1 aliphatic rings. The Kier molecular flexibility index (Phi) is 10.8. The number of hydrogen-bond acceptors (Lipinski definition) is 9. The number of methoxy groups -OCH3 is 2. The first kappa shape index (κ1) is 29.1. The van der Waals surface area contributed by atoms with Crippen LogP contribution in [0.25, 0.3) is 22.3 Å². The highest BCUT2D eigenvalue weighted by Gasteiger charge is 2.21. The van der Waals surface area contributed by atoms with Crippen LogP contribution >= 0.6 is 0 Å². The number of pyridine rings is 1. The lowest BCUT2D eigenvalue weighted by molar-refractivity contribution is -0.130. The Morgan fingerprint density at radius 2 is 1.77 bits per heavy atom. The molecule has 10 nitrogen and oxygen atoms in total. The number of carbonyl (C=O) groups excluding carboxylic acids is 1. The van der Waals surface area contributed by atoms with Crippen molar-refractivity contribution in [2.45, 2.75) is 6.92 Å². The van der Waals surface area contributed by atoms with Gasteiger partial charge in [0, 0.05) is 38.3 Å². The summed E-state index contributed by atoms with van der Waals surface area (Å²) in [5, 5.41) is 3.13. The Balaban J connectivity index is 0.00000134. The second kappa shape index (κ2) is 14.5. The lowest BCUT2D eigenvalue weighted by Crippen LogP contribution is -2.50. The number of hydrogen-bond donors (Lipinski definition) is 2. The molecule has 0 radical (unpaired) electrons. The predicted molar refractivity (Wildman–Crippen MR) is 157 cm³/mol. The lowest BCUT2D eigenvalue weighted by atomic mass is 10.1. The molecule has 3 heterocycles. The average molecular weight is 532 g/mol. The zero-order chi connectivity index (χ0) is 28.2. The molecule has 1 saturated heterocycles. The molecule has 0 unspecified atom stereocenters. The standard InChI is InChI=1S/C26H31N7O3.C3H6/c1-4-5-6-11-32-12-14-33(15-13-32)23(34)17-28-25-24-20(30-26(27)31-25)9-8-19(29-24)18-7-10-21(35-2)22(16-18)36-3;1-3-2/h4-10,16H,1,11-15,17H2,2-3H3,(H3,27,28,30,31);3H,1H2,2H3/b6-5+;. The topological polar surface area (TPSA) is 119 Å². The minimum atomic E-state index is -0.00216. The molecule has 206 valence electrons. The van der Waals surface area contributed by atoms with Gasteiger partial charge in [-0.25, -0.2) is 9.97 Å². The van der Waals surface area contributed by atoms with Crippen molar-refractivity contribution < 1.29 is 14.3 Å². The van der Waals surface area contributed by atoms with Gasteiger partial charge < -0.3 is 25.4 Å². The van der Waals surface area contributed by atoms with Gasteiger partial charge in [-0.15, -0.1) is 6.58 Å². The van der Waals surface area contributed by atoms with E-state index in [1.807, 2.05) is 48.2 Å². The third-order valence-corrected chi connectivity index (χ3v) is 6.01. The third-order valence-electron chi connectivity index (χ3n) is 6.01. The van der Waals surface area contributed by atoms with Crippen molar-refractivity contribution in [2.75, 3.05) is 64.5 Å². The number of nitrogens with zero attached hydrogens (tertiary/aromatic N) is 5. The summed E-state index contributed by atoms with van der Waals surface area (Å²) < 4.78 is 10.7. The molecule has 4 rings (SSSR count). The van der Waals surface area contributed by atoms with Crippen LogP contribution < -0.4 is 20.5 Å². The Labute approximate surface area is 229 Å². The third kappa shape index (κ3) is 7.78. The van der Waals surface area contributed by atoms with Gasteiger partial charge in [-0.3, -0.25) is 9.69 Å². The summed E-state index contributed by atoms with van der Waals surface area (Å²) in [6.45, 7) is 12.9. The van der Waals surface area contributed by atoms with Crippen LogP contribution in [0.5, 0.6) is 11.5 Å².